The van der Waals surface area contributed by atoms with Gasteiger partial charge in [0.25, 0.3) is 0 Å². The minimum atomic E-state index is -1.41. The second-order valence-electron chi connectivity index (χ2n) is 13.1. The van der Waals surface area contributed by atoms with E-state index in [4.69, 9.17) is 6.42 Å². The van der Waals surface area contributed by atoms with Crippen LogP contribution in [0.4, 0.5) is 0 Å². The molecule has 1 aromatic rings. The van der Waals surface area contributed by atoms with Crippen LogP contribution in [0.5, 0.6) is 0 Å². The number of nitrogens with one attached hydrogen (secondary N) is 2. The number of likely N-dealkylation sites (N-methyl/N-ethyl adjacent to an activating group) is 1. The molecule has 9 nitrogen and oxygen atoms in total. The third-order valence-electron chi connectivity index (χ3n) is 8.78. The number of benzene rings is 1. The standard InChI is InChI=1S/C34H54N4O5S2/c1-5-12-29(34(42)36-30(21-27-15-10-7-11-16-27)32(40)31(39)19-25(2)3)35-33(41)28(20-26-13-8-6-9-14-26)22-45(43)37(4)17-18-38-23-44-24-38/h1,6,8-9,13-14,25,27-32,39-40H,7,10-12,15-24H2,2-4H3,(H,35,41)(H,36,42)/t28-,29+,30+,31+,32-,45?/m1/s1. The van der Waals surface area contributed by atoms with Gasteiger partial charge in [0.2, 0.25) is 11.8 Å². The average Bonchev–Trinajstić information content (AvgIpc) is 2.99. The van der Waals surface area contributed by atoms with Crippen molar-refractivity contribution in [3.8, 4) is 12.3 Å². The first-order valence-electron chi connectivity index (χ1n) is 16.4. The minimum absolute atomic E-state index is 0.0345. The predicted octanol–water partition coefficient (Wildman–Crippen LogP) is 3.14. The number of amides is 2. The van der Waals surface area contributed by atoms with E-state index in [0.29, 0.717) is 31.7 Å². The van der Waals surface area contributed by atoms with Crippen LogP contribution in [0.15, 0.2) is 30.3 Å². The third-order valence-corrected chi connectivity index (χ3v) is 11.4. The number of rotatable bonds is 19. The van der Waals surface area contributed by atoms with Crippen LogP contribution in [0.25, 0.3) is 0 Å². The summed E-state index contributed by atoms with van der Waals surface area (Å²) in [4.78, 5) is 29.7. The molecule has 1 unspecified atom stereocenters. The van der Waals surface area contributed by atoms with Gasteiger partial charge in [-0.1, -0.05) is 76.3 Å². The normalized spacial score (nSPS) is 20.0. The van der Waals surface area contributed by atoms with Gasteiger partial charge in [0.05, 0.1) is 34.8 Å². The number of terminal acetylenes is 1. The quantitative estimate of drug-likeness (QED) is 0.168. The lowest BCUT2D eigenvalue weighted by molar-refractivity contribution is -0.132. The Morgan fingerprint density at radius 1 is 1.11 bits per heavy atom. The van der Waals surface area contributed by atoms with Crippen molar-refractivity contribution in [2.45, 2.75) is 95.9 Å². The van der Waals surface area contributed by atoms with Crippen molar-refractivity contribution in [3.05, 3.63) is 35.9 Å². The van der Waals surface area contributed by atoms with Crippen molar-refractivity contribution in [1.29, 1.82) is 0 Å². The smallest absolute Gasteiger partial charge is 0.243 e. The number of thioether (sulfide) groups is 1. The first kappa shape index (κ1) is 37.5. The zero-order chi connectivity index (χ0) is 32.8. The zero-order valence-electron chi connectivity index (χ0n) is 27.2. The molecule has 1 saturated heterocycles. The Morgan fingerprint density at radius 3 is 2.40 bits per heavy atom. The Hall–Kier alpha value is -1.94. The lowest BCUT2D eigenvalue weighted by Gasteiger charge is -2.33. The van der Waals surface area contributed by atoms with E-state index in [1.807, 2.05) is 55.9 Å². The molecule has 6 atom stereocenters. The third kappa shape index (κ3) is 13.0. The molecule has 0 spiro atoms. The Labute approximate surface area is 277 Å². The molecular formula is C34H54N4O5S2. The molecule has 45 heavy (non-hydrogen) atoms. The monoisotopic (exact) mass is 662 g/mol. The van der Waals surface area contributed by atoms with Crippen LogP contribution in [-0.2, 0) is 27.0 Å². The molecule has 1 aliphatic carbocycles. The van der Waals surface area contributed by atoms with Crippen LogP contribution >= 0.6 is 11.8 Å². The maximum absolute atomic E-state index is 13.8. The second kappa shape index (κ2) is 19.7. The van der Waals surface area contributed by atoms with E-state index >= 15 is 0 Å². The molecule has 1 heterocycles. The van der Waals surface area contributed by atoms with Crippen LogP contribution < -0.4 is 10.6 Å². The van der Waals surface area contributed by atoms with E-state index in [1.54, 1.807) is 11.4 Å². The maximum Gasteiger partial charge on any atom is 0.243 e. The SMILES string of the molecule is C#CC[C@H](NC(=O)[C@H](Cc1ccccc1)CS(=O)N(C)CCN1CSC1)C(=O)N[C@@H](CC1CCCCC1)[C@@H](O)[C@@H](O)CC(C)C. The molecule has 0 aromatic heterocycles. The summed E-state index contributed by atoms with van der Waals surface area (Å²) < 4.78 is 15.1. The predicted molar refractivity (Wildman–Crippen MR) is 183 cm³/mol. The highest BCUT2D eigenvalue weighted by atomic mass is 32.2. The number of nitrogens with zero attached hydrogens (tertiary/aromatic N) is 2. The summed E-state index contributed by atoms with van der Waals surface area (Å²) in [5.41, 5.74) is 0.933. The van der Waals surface area contributed by atoms with Crippen molar-refractivity contribution in [2.24, 2.45) is 17.8 Å². The van der Waals surface area contributed by atoms with Gasteiger partial charge in [-0.25, -0.2) is 8.51 Å². The minimum Gasteiger partial charge on any atom is -0.390 e. The van der Waals surface area contributed by atoms with Crippen LogP contribution in [0.1, 0.15) is 70.8 Å². The number of carbonyl (C=O) groups is 2. The summed E-state index contributed by atoms with van der Waals surface area (Å²) in [6.07, 6.45) is 10.3. The van der Waals surface area contributed by atoms with E-state index in [2.05, 4.69) is 21.5 Å². The second-order valence-corrected chi connectivity index (χ2v) is 15.6. The highest BCUT2D eigenvalue weighted by Gasteiger charge is 2.34. The molecule has 2 aliphatic rings. The highest BCUT2D eigenvalue weighted by molar-refractivity contribution is 8.00. The highest BCUT2D eigenvalue weighted by Crippen LogP contribution is 2.29. The Kier molecular flexibility index (Phi) is 16.4. The van der Waals surface area contributed by atoms with Gasteiger partial charge in [-0.3, -0.25) is 14.5 Å². The van der Waals surface area contributed by atoms with E-state index in [0.717, 1.165) is 49.5 Å². The number of hydrogen-bond donors (Lipinski definition) is 4. The van der Waals surface area contributed by atoms with Crippen LogP contribution in [0.3, 0.4) is 0 Å². The van der Waals surface area contributed by atoms with Crippen molar-refractivity contribution < 1.29 is 24.0 Å². The first-order valence-corrected chi connectivity index (χ1v) is 18.8. The number of aliphatic hydroxyl groups is 2. The molecular weight excluding hydrogens is 609 g/mol. The molecule has 2 amide bonds. The topological polar surface area (TPSA) is 122 Å². The molecule has 1 saturated carbocycles. The van der Waals surface area contributed by atoms with Gasteiger partial charge in [0.15, 0.2) is 0 Å². The average molecular weight is 663 g/mol. The van der Waals surface area contributed by atoms with Crippen molar-refractivity contribution in [2.75, 3.05) is 37.6 Å². The summed E-state index contributed by atoms with van der Waals surface area (Å²) in [6, 6.07) is 7.87. The van der Waals surface area contributed by atoms with Crippen molar-refractivity contribution in [1.82, 2.24) is 19.8 Å². The van der Waals surface area contributed by atoms with Gasteiger partial charge in [0, 0.05) is 31.3 Å². The van der Waals surface area contributed by atoms with Crippen LogP contribution in [0, 0.1) is 30.1 Å². The fraction of sp³-hybridized carbons (Fsp3) is 0.706. The summed E-state index contributed by atoms with van der Waals surface area (Å²) in [6.45, 7) is 5.40. The lowest BCUT2D eigenvalue weighted by Crippen LogP contribution is -2.56. The lowest BCUT2D eigenvalue weighted by atomic mass is 9.82. The molecule has 11 heteroatoms. The van der Waals surface area contributed by atoms with Crippen molar-refractivity contribution >= 4 is 34.6 Å². The van der Waals surface area contributed by atoms with E-state index in [-0.39, 0.29) is 24.0 Å². The van der Waals surface area contributed by atoms with Gasteiger partial charge in [-0.15, -0.1) is 24.1 Å². The van der Waals surface area contributed by atoms with E-state index < -0.39 is 47.1 Å². The molecule has 3 rings (SSSR count). The molecule has 0 bridgehead atoms. The summed E-state index contributed by atoms with van der Waals surface area (Å²) in [5.74, 6) is 3.57. The summed E-state index contributed by atoms with van der Waals surface area (Å²) >= 11 is 1.86. The fourth-order valence-electron chi connectivity index (χ4n) is 6.02. The Morgan fingerprint density at radius 2 is 1.80 bits per heavy atom. The maximum atomic E-state index is 13.8. The number of hydrogen-bond acceptors (Lipinski definition) is 7. The first-order chi connectivity index (χ1) is 21.6. The fourth-order valence-corrected chi connectivity index (χ4v) is 7.87. The van der Waals surface area contributed by atoms with Crippen molar-refractivity contribution in [3.63, 3.8) is 0 Å². The number of carbonyl (C=O) groups excluding carboxylic acids is 2. The Balaban J connectivity index is 1.72. The molecule has 4 N–H and O–H groups in total. The molecule has 1 aliphatic heterocycles. The van der Waals surface area contributed by atoms with Crippen LogP contribution in [-0.4, -0.2) is 97.4 Å². The van der Waals surface area contributed by atoms with E-state index in [1.165, 1.54) is 6.42 Å². The molecule has 2 fully saturated rings. The van der Waals surface area contributed by atoms with Gasteiger partial charge in [-0.2, -0.15) is 0 Å². The molecule has 0 radical (unpaired) electrons. The van der Waals surface area contributed by atoms with Gasteiger partial charge >= 0.3 is 0 Å². The van der Waals surface area contributed by atoms with Gasteiger partial charge in [-0.05, 0) is 43.7 Å². The molecule has 252 valence electrons. The number of aliphatic hydroxyl groups excluding tert-OH is 2. The van der Waals surface area contributed by atoms with Gasteiger partial charge < -0.3 is 20.8 Å². The Bertz CT molecular complexity index is 1110. The van der Waals surface area contributed by atoms with Crippen LogP contribution in [0.2, 0.25) is 0 Å². The van der Waals surface area contributed by atoms with E-state index in [9.17, 15) is 24.0 Å². The molecule has 1 aromatic carbocycles. The summed E-state index contributed by atoms with van der Waals surface area (Å²) in [5, 5.41) is 27.8. The van der Waals surface area contributed by atoms with Gasteiger partial charge in [0.1, 0.15) is 12.1 Å². The summed E-state index contributed by atoms with van der Waals surface area (Å²) in [7, 11) is 0.401. The zero-order valence-corrected chi connectivity index (χ0v) is 28.9. The largest absolute Gasteiger partial charge is 0.390 e.